The first-order valence-corrected chi connectivity index (χ1v) is 7.01. The Bertz CT molecular complexity index is 454. The van der Waals surface area contributed by atoms with Crippen LogP contribution in [0.15, 0.2) is 6.07 Å². The highest BCUT2D eigenvalue weighted by Gasteiger charge is 2.27. The standard InChI is InChI=1S/C14H24N4O/c1-10-8-11(2)18(16-10)12(3)14(19)17-7-5-6-13(9-17)15-4/h8,12-13,15H,5-7,9H2,1-4H3/t12-,13+/m1/s1. The maximum absolute atomic E-state index is 12.6. The van der Waals surface area contributed by atoms with E-state index < -0.39 is 0 Å². The van der Waals surface area contributed by atoms with Crippen LogP contribution in [0.3, 0.4) is 0 Å². The summed E-state index contributed by atoms with van der Waals surface area (Å²) < 4.78 is 1.83. The third kappa shape index (κ3) is 2.97. The van der Waals surface area contributed by atoms with Crippen molar-refractivity contribution in [2.45, 2.75) is 45.7 Å². The second-order valence-corrected chi connectivity index (χ2v) is 5.46. The number of aryl methyl sites for hydroxylation is 2. The summed E-state index contributed by atoms with van der Waals surface area (Å²) in [6, 6.07) is 2.21. The molecule has 5 nitrogen and oxygen atoms in total. The van der Waals surface area contributed by atoms with Crippen LogP contribution in [0.2, 0.25) is 0 Å². The molecule has 0 spiro atoms. The van der Waals surface area contributed by atoms with E-state index in [4.69, 9.17) is 0 Å². The Hall–Kier alpha value is -1.36. The summed E-state index contributed by atoms with van der Waals surface area (Å²) in [5.41, 5.74) is 2.00. The van der Waals surface area contributed by atoms with Crippen molar-refractivity contribution in [3.05, 3.63) is 17.5 Å². The van der Waals surface area contributed by atoms with Crippen LogP contribution >= 0.6 is 0 Å². The first kappa shape index (κ1) is 14.1. The molecule has 1 aromatic heterocycles. The first-order chi connectivity index (χ1) is 9.02. The number of hydrogen-bond acceptors (Lipinski definition) is 3. The number of aromatic nitrogens is 2. The van der Waals surface area contributed by atoms with E-state index in [0.717, 1.165) is 37.3 Å². The lowest BCUT2D eigenvalue weighted by atomic mass is 10.1. The SMILES string of the molecule is CN[C@H]1CCCN(C(=O)[C@@H](C)n2nc(C)cc2C)C1. The molecule has 1 N–H and O–H groups in total. The molecular weight excluding hydrogens is 240 g/mol. The molecule has 2 rings (SSSR count). The van der Waals surface area contributed by atoms with E-state index in [1.807, 2.05) is 43.5 Å². The molecule has 1 aliphatic rings. The summed E-state index contributed by atoms with van der Waals surface area (Å²) in [5, 5.41) is 7.69. The molecule has 0 bridgehead atoms. The number of amides is 1. The van der Waals surface area contributed by atoms with Gasteiger partial charge in [-0.2, -0.15) is 5.10 Å². The molecule has 106 valence electrons. The number of likely N-dealkylation sites (tertiary alicyclic amines) is 1. The van der Waals surface area contributed by atoms with E-state index >= 15 is 0 Å². The molecule has 0 radical (unpaired) electrons. The third-order valence-electron chi connectivity index (χ3n) is 3.91. The Morgan fingerprint density at radius 2 is 2.26 bits per heavy atom. The van der Waals surface area contributed by atoms with Gasteiger partial charge in [0.05, 0.1) is 5.69 Å². The zero-order valence-corrected chi connectivity index (χ0v) is 12.3. The summed E-state index contributed by atoms with van der Waals surface area (Å²) >= 11 is 0. The number of nitrogens with zero attached hydrogens (tertiary/aromatic N) is 3. The number of piperidine rings is 1. The Morgan fingerprint density at radius 1 is 1.53 bits per heavy atom. The zero-order chi connectivity index (χ0) is 14.0. The average molecular weight is 264 g/mol. The molecule has 0 unspecified atom stereocenters. The summed E-state index contributed by atoms with van der Waals surface area (Å²) in [5.74, 6) is 0.172. The minimum absolute atomic E-state index is 0.172. The van der Waals surface area contributed by atoms with Gasteiger partial charge in [-0.1, -0.05) is 0 Å². The summed E-state index contributed by atoms with van der Waals surface area (Å²) in [7, 11) is 1.96. The minimum atomic E-state index is -0.218. The first-order valence-electron chi connectivity index (χ1n) is 7.01. The Kier molecular flexibility index (Phi) is 4.24. The van der Waals surface area contributed by atoms with Gasteiger partial charge in [0.1, 0.15) is 6.04 Å². The molecule has 0 aliphatic carbocycles. The molecule has 1 fully saturated rings. The highest BCUT2D eigenvalue weighted by atomic mass is 16.2. The van der Waals surface area contributed by atoms with Gasteiger partial charge in [-0.3, -0.25) is 9.48 Å². The Balaban J connectivity index is 2.08. The molecule has 5 heteroatoms. The molecule has 1 saturated heterocycles. The van der Waals surface area contributed by atoms with Gasteiger partial charge in [-0.05, 0) is 46.7 Å². The van der Waals surface area contributed by atoms with E-state index in [-0.39, 0.29) is 11.9 Å². The van der Waals surface area contributed by atoms with Crippen LogP contribution in [0.4, 0.5) is 0 Å². The van der Waals surface area contributed by atoms with Crippen molar-refractivity contribution >= 4 is 5.91 Å². The zero-order valence-electron chi connectivity index (χ0n) is 12.3. The molecular formula is C14H24N4O. The van der Waals surface area contributed by atoms with Crippen molar-refractivity contribution in [2.75, 3.05) is 20.1 Å². The van der Waals surface area contributed by atoms with Crippen LogP contribution in [0.1, 0.15) is 37.2 Å². The number of hydrogen-bond donors (Lipinski definition) is 1. The predicted molar refractivity (Wildman–Crippen MR) is 75.1 cm³/mol. The second kappa shape index (κ2) is 5.74. The van der Waals surface area contributed by atoms with Gasteiger partial charge in [0.25, 0.3) is 0 Å². The van der Waals surface area contributed by atoms with Gasteiger partial charge >= 0.3 is 0 Å². The van der Waals surface area contributed by atoms with Crippen LogP contribution < -0.4 is 5.32 Å². The van der Waals surface area contributed by atoms with Crippen LogP contribution in [0, 0.1) is 13.8 Å². The van der Waals surface area contributed by atoms with Gasteiger partial charge in [0.2, 0.25) is 5.91 Å². The number of carbonyl (C=O) groups is 1. The maximum Gasteiger partial charge on any atom is 0.247 e. The highest BCUT2D eigenvalue weighted by molar-refractivity contribution is 5.80. The van der Waals surface area contributed by atoms with Crippen LogP contribution in [0.25, 0.3) is 0 Å². The molecule has 0 saturated carbocycles. The average Bonchev–Trinajstić information content (AvgIpc) is 2.76. The third-order valence-corrected chi connectivity index (χ3v) is 3.91. The number of rotatable bonds is 3. The van der Waals surface area contributed by atoms with Crippen molar-refractivity contribution in [3.63, 3.8) is 0 Å². The molecule has 1 amide bonds. The predicted octanol–water partition coefficient (Wildman–Crippen LogP) is 1.27. The van der Waals surface area contributed by atoms with E-state index in [0.29, 0.717) is 6.04 Å². The monoisotopic (exact) mass is 264 g/mol. The molecule has 1 aromatic rings. The molecule has 2 atom stereocenters. The topological polar surface area (TPSA) is 50.2 Å². The van der Waals surface area contributed by atoms with Gasteiger partial charge < -0.3 is 10.2 Å². The molecule has 0 aromatic carbocycles. The minimum Gasteiger partial charge on any atom is -0.339 e. The smallest absolute Gasteiger partial charge is 0.247 e. The normalized spacial score (nSPS) is 21.5. The van der Waals surface area contributed by atoms with E-state index in [9.17, 15) is 4.79 Å². The van der Waals surface area contributed by atoms with Gasteiger partial charge in [0.15, 0.2) is 0 Å². The van der Waals surface area contributed by atoms with Gasteiger partial charge in [0, 0.05) is 24.8 Å². The fourth-order valence-corrected chi connectivity index (χ4v) is 2.82. The van der Waals surface area contributed by atoms with Crippen molar-refractivity contribution < 1.29 is 4.79 Å². The number of carbonyl (C=O) groups excluding carboxylic acids is 1. The van der Waals surface area contributed by atoms with Crippen LogP contribution in [-0.4, -0.2) is 46.8 Å². The highest BCUT2D eigenvalue weighted by Crippen LogP contribution is 2.17. The fourth-order valence-electron chi connectivity index (χ4n) is 2.82. The number of likely N-dealkylation sites (N-methyl/N-ethyl adjacent to an activating group) is 1. The van der Waals surface area contributed by atoms with E-state index in [1.54, 1.807) is 0 Å². The maximum atomic E-state index is 12.6. The molecule has 19 heavy (non-hydrogen) atoms. The molecule has 1 aliphatic heterocycles. The number of nitrogens with one attached hydrogen (secondary N) is 1. The summed E-state index contributed by atoms with van der Waals surface area (Å²) in [6.45, 7) is 7.55. The second-order valence-electron chi connectivity index (χ2n) is 5.46. The van der Waals surface area contributed by atoms with Crippen LogP contribution in [-0.2, 0) is 4.79 Å². The lowest BCUT2D eigenvalue weighted by molar-refractivity contribution is -0.136. The summed E-state index contributed by atoms with van der Waals surface area (Å²) in [4.78, 5) is 14.5. The Labute approximate surface area is 115 Å². The van der Waals surface area contributed by atoms with Gasteiger partial charge in [-0.15, -0.1) is 0 Å². The fraction of sp³-hybridized carbons (Fsp3) is 0.714. The summed E-state index contributed by atoms with van der Waals surface area (Å²) in [6.07, 6.45) is 2.22. The lowest BCUT2D eigenvalue weighted by Crippen LogP contribution is -2.48. The van der Waals surface area contributed by atoms with Crippen molar-refractivity contribution in [2.24, 2.45) is 0 Å². The largest absolute Gasteiger partial charge is 0.339 e. The van der Waals surface area contributed by atoms with E-state index in [2.05, 4.69) is 10.4 Å². The van der Waals surface area contributed by atoms with Crippen molar-refractivity contribution in [3.8, 4) is 0 Å². The lowest BCUT2D eigenvalue weighted by Gasteiger charge is -2.34. The van der Waals surface area contributed by atoms with Crippen LogP contribution in [0.5, 0.6) is 0 Å². The van der Waals surface area contributed by atoms with Crippen molar-refractivity contribution in [1.29, 1.82) is 0 Å². The van der Waals surface area contributed by atoms with E-state index in [1.165, 1.54) is 0 Å². The van der Waals surface area contributed by atoms with Crippen molar-refractivity contribution in [1.82, 2.24) is 20.0 Å². The Morgan fingerprint density at radius 3 is 2.84 bits per heavy atom. The van der Waals surface area contributed by atoms with Gasteiger partial charge in [-0.25, -0.2) is 0 Å². The quantitative estimate of drug-likeness (QED) is 0.894. The molecule has 2 heterocycles.